The molecule has 0 aliphatic rings. The van der Waals surface area contributed by atoms with Crippen LogP contribution in [0.1, 0.15) is 20.7 Å². The van der Waals surface area contributed by atoms with E-state index in [0.717, 1.165) is 0 Å². The highest BCUT2D eigenvalue weighted by atomic mass is 16.5. The van der Waals surface area contributed by atoms with Crippen LogP contribution in [-0.2, 0) is 4.74 Å². The van der Waals surface area contributed by atoms with Crippen molar-refractivity contribution in [3.8, 4) is 6.07 Å². The number of carbonyl (C=O) groups is 2. The van der Waals surface area contributed by atoms with Gasteiger partial charge in [0, 0.05) is 5.56 Å². The lowest BCUT2D eigenvalue weighted by Gasteiger charge is -2.00. The Bertz CT molecular complexity index is 417. The number of nitriles is 1. The molecule has 0 fully saturated rings. The summed E-state index contributed by atoms with van der Waals surface area (Å²) in [5.74, 6) is -1.17. The fraction of sp³-hybridized carbons (Fsp3) is 0.100. The molecule has 0 aliphatic carbocycles. The second kappa shape index (κ2) is 4.77. The summed E-state index contributed by atoms with van der Waals surface area (Å²) < 4.78 is 4.56. The maximum absolute atomic E-state index is 11.2. The SMILES string of the molecule is N#CCOC(=O)c1ccc(C(N)=O)cc1. The van der Waals surface area contributed by atoms with Crippen LogP contribution in [0.2, 0.25) is 0 Å². The van der Waals surface area contributed by atoms with Crippen LogP contribution in [0.25, 0.3) is 0 Å². The van der Waals surface area contributed by atoms with Crippen molar-refractivity contribution in [3.63, 3.8) is 0 Å². The molecule has 5 heteroatoms. The molecule has 5 nitrogen and oxygen atoms in total. The quantitative estimate of drug-likeness (QED) is 0.724. The van der Waals surface area contributed by atoms with Gasteiger partial charge in [-0.1, -0.05) is 0 Å². The van der Waals surface area contributed by atoms with Gasteiger partial charge in [-0.25, -0.2) is 4.79 Å². The van der Waals surface area contributed by atoms with Gasteiger partial charge < -0.3 is 10.5 Å². The normalized spacial score (nSPS) is 9.00. The second-order valence-electron chi connectivity index (χ2n) is 2.68. The van der Waals surface area contributed by atoms with Crippen molar-refractivity contribution in [3.05, 3.63) is 35.4 Å². The minimum atomic E-state index is -0.604. The van der Waals surface area contributed by atoms with Gasteiger partial charge in [-0.05, 0) is 24.3 Å². The zero-order chi connectivity index (χ0) is 11.3. The summed E-state index contributed by atoms with van der Waals surface area (Å²) in [6.07, 6.45) is 0. The summed E-state index contributed by atoms with van der Waals surface area (Å²) in [5.41, 5.74) is 5.61. The molecule has 0 radical (unpaired) electrons. The van der Waals surface area contributed by atoms with E-state index in [9.17, 15) is 9.59 Å². The number of benzene rings is 1. The third-order valence-corrected chi connectivity index (χ3v) is 1.67. The van der Waals surface area contributed by atoms with Gasteiger partial charge in [-0.2, -0.15) is 5.26 Å². The van der Waals surface area contributed by atoms with Gasteiger partial charge in [0.05, 0.1) is 5.56 Å². The average molecular weight is 204 g/mol. The molecule has 0 aromatic heterocycles. The fourth-order valence-electron chi connectivity index (χ4n) is 0.952. The first-order chi connectivity index (χ1) is 7.15. The number of nitrogens with zero attached hydrogens (tertiary/aromatic N) is 1. The van der Waals surface area contributed by atoms with Crippen molar-refractivity contribution in [2.45, 2.75) is 0 Å². The highest BCUT2D eigenvalue weighted by Gasteiger charge is 2.07. The van der Waals surface area contributed by atoms with Gasteiger partial charge in [0.2, 0.25) is 5.91 Å². The first kappa shape index (κ1) is 10.7. The van der Waals surface area contributed by atoms with Crippen molar-refractivity contribution in [2.24, 2.45) is 5.73 Å². The van der Waals surface area contributed by atoms with Crippen molar-refractivity contribution in [1.82, 2.24) is 0 Å². The molecule has 1 rings (SSSR count). The summed E-state index contributed by atoms with van der Waals surface area (Å²) in [6.45, 7) is -0.295. The Labute approximate surface area is 86.1 Å². The zero-order valence-corrected chi connectivity index (χ0v) is 7.77. The van der Waals surface area contributed by atoms with E-state index < -0.39 is 11.9 Å². The molecule has 1 aromatic carbocycles. The summed E-state index contributed by atoms with van der Waals surface area (Å²) in [6, 6.07) is 7.36. The monoisotopic (exact) mass is 204 g/mol. The smallest absolute Gasteiger partial charge is 0.339 e. The predicted octanol–water partition coefficient (Wildman–Crippen LogP) is 0.466. The lowest BCUT2D eigenvalue weighted by atomic mass is 10.1. The third kappa shape index (κ3) is 2.81. The van der Waals surface area contributed by atoms with Crippen LogP contribution < -0.4 is 5.73 Å². The number of esters is 1. The van der Waals surface area contributed by atoms with E-state index in [2.05, 4.69) is 4.74 Å². The maximum Gasteiger partial charge on any atom is 0.339 e. The van der Waals surface area contributed by atoms with Crippen molar-refractivity contribution in [2.75, 3.05) is 6.61 Å². The standard InChI is InChI=1S/C10H8N2O3/c11-5-6-15-10(14)8-3-1-7(2-4-8)9(12)13/h1-4H,6H2,(H2,12,13). The lowest BCUT2D eigenvalue weighted by molar-refractivity contribution is 0.0554. The number of carbonyl (C=O) groups excluding carboxylic acids is 2. The molecule has 0 bridgehead atoms. The van der Waals surface area contributed by atoms with E-state index in [1.165, 1.54) is 24.3 Å². The number of hydrogen-bond acceptors (Lipinski definition) is 4. The van der Waals surface area contributed by atoms with Crippen LogP contribution in [-0.4, -0.2) is 18.5 Å². The molecule has 1 amide bonds. The summed E-state index contributed by atoms with van der Waals surface area (Å²) >= 11 is 0. The number of primary amides is 1. The summed E-state index contributed by atoms with van der Waals surface area (Å²) in [4.78, 5) is 21.9. The maximum atomic E-state index is 11.2. The van der Waals surface area contributed by atoms with E-state index in [1.54, 1.807) is 6.07 Å². The summed E-state index contributed by atoms with van der Waals surface area (Å²) in [5, 5.41) is 8.19. The Morgan fingerprint density at radius 3 is 2.27 bits per heavy atom. The van der Waals surface area contributed by atoms with Gasteiger partial charge in [-0.15, -0.1) is 0 Å². The first-order valence-corrected chi connectivity index (χ1v) is 4.09. The van der Waals surface area contributed by atoms with E-state index in [0.29, 0.717) is 5.56 Å². The number of hydrogen-bond donors (Lipinski definition) is 1. The van der Waals surface area contributed by atoms with Gasteiger partial charge in [0.15, 0.2) is 6.61 Å². The number of ether oxygens (including phenoxy) is 1. The van der Waals surface area contributed by atoms with Gasteiger partial charge >= 0.3 is 5.97 Å². The Kier molecular flexibility index (Phi) is 3.41. The summed E-state index contributed by atoms with van der Waals surface area (Å²) in [7, 11) is 0. The molecule has 0 spiro atoms. The van der Waals surface area contributed by atoms with Crippen LogP contribution in [0.4, 0.5) is 0 Å². The predicted molar refractivity (Wildman–Crippen MR) is 50.9 cm³/mol. The van der Waals surface area contributed by atoms with E-state index >= 15 is 0 Å². The molecule has 0 aliphatic heterocycles. The molecule has 2 N–H and O–H groups in total. The molecule has 15 heavy (non-hydrogen) atoms. The molecule has 0 heterocycles. The molecule has 0 saturated heterocycles. The lowest BCUT2D eigenvalue weighted by Crippen LogP contribution is -2.11. The Balaban J connectivity index is 2.76. The molecular weight excluding hydrogens is 196 g/mol. The van der Waals surface area contributed by atoms with E-state index in [-0.39, 0.29) is 12.2 Å². The molecular formula is C10H8N2O3. The van der Waals surface area contributed by atoms with E-state index in [4.69, 9.17) is 11.0 Å². The number of amides is 1. The highest BCUT2D eigenvalue weighted by Crippen LogP contribution is 2.05. The van der Waals surface area contributed by atoms with Crippen LogP contribution in [0.5, 0.6) is 0 Å². The second-order valence-corrected chi connectivity index (χ2v) is 2.68. The fourth-order valence-corrected chi connectivity index (χ4v) is 0.952. The van der Waals surface area contributed by atoms with Gasteiger partial charge in [0.25, 0.3) is 0 Å². The number of nitrogens with two attached hydrogens (primary N) is 1. The third-order valence-electron chi connectivity index (χ3n) is 1.67. The molecule has 1 aromatic rings. The van der Waals surface area contributed by atoms with E-state index in [1.807, 2.05) is 0 Å². The Morgan fingerprint density at radius 2 is 1.80 bits per heavy atom. The minimum absolute atomic E-state index is 0.273. The number of rotatable bonds is 3. The molecule has 0 atom stereocenters. The Morgan fingerprint density at radius 1 is 1.27 bits per heavy atom. The zero-order valence-electron chi connectivity index (χ0n) is 7.77. The largest absolute Gasteiger partial charge is 0.447 e. The van der Waals surface area contributed by atoms with Crippen molar-refractivity contribution in [1.29, 1.82) is 5.26 Å². The minimum Gasteiger partial charge on any atom is -0.447 e. The molecule has 0 saturated carbocycles. The average Bonchev–Trinajstić information content (AvgIpc) is 2.26. The van der Waals surface area contributed by atoms with Crippen LogP contribution in [0.3, 0.4) is 0 Å². The van der Waals surface area contributed by atoms with Crippen LogP contribution >= 0.6 is 0 Å². The van der Waals surface area contributed by atoms with Crippen LogP contribution in [0.15, 0.2) is 24.3 Å². The highest BCUT2D eigenvalue weighted by molar-refractivity contribution is 5.95. The van der Waals surface area contributed by atoms with Gasteiger partial charge in [-0.3, -0.25) is 4.79 Å². The topological polar surface area (TPSA) is 93.2 Å². The van der Waals surface area contributed by atoms with Gasteiger partial charge in [0.1, 0.15) is 6.07 Å². The van der Waals surface area contributed by atoms with Crippen LogP contribution in [0, 0.1) is 11.3 Å². The van der Waals surface area contributed by atoms with Crippen molar-refractivity contribution < 1.29 is 14.3 Å². The first-order valence-electron chi connectivity index (χ1n) is 4.09. The molecule has 0 unspecified atom stereocenters. The molecule has 76 valence electrons. The van der Waals surface area contributed by atoms with Crippen molar-refractivity contribution >= 4 is 11.9 Å². The Hall–Kier alpha value is -2.35.